The molecule has 1 atom stereocenters. The van der Waals surface area contributed by atoms with Crippen molar-refractivity contribution in [3.8, 4) is 0 Å². The summed E-state index contributed by atoms with van der Waals surface area (Å²) in [6.07, 6.45) is -4.25. The van der Waals surface area contributed by atoms with Crippen molar-refractivity contribution in [2.75, 3.05) is 19.6 Å². The van der Waals surface area contributed by atoms with Crippen molar-refractivity contribution in [1.29, 1.82) is 0 Å². The van der Waals surface area contributed by atoms with Crippen LogP contribution in [-0.2, 0) is 17.9 Å². The second-order valence-corrected chi connectivity index (χ2v) is 5.49. The highest BCUT2D eigenvalue weighted by Crippen LogP contribution is 2.25. The summed E-state index contributed by atoms with van der Waals surface area (Å²) in [4.78, 5) is 23.1. The molecule has 5 nitrogen and oxygen atoms in total. The van der Waals surface area contributed by atoms with Crippen LogP contribution >= 0.6 is 0 Å². The van der Waals surface area contributed by atoms with Crippen molar-refractivity contribution in [3.05, 3.63) is 34.9 Å². The summed E-state index contributed by atoms with van der Waals surface area (Å²) in [5.41, 5.74) is 2.41. The minimum Gasteiger partial charge on any atom is -0.475 e. The number of fused-ring (bicyclic) bond motifs is 2. The normalized spacial score (nSPS) is 19.8. The number of carbonyl (C=O) groups excluding carboxylic acids is 1. The van der Waals surface area contributed by atoms with Gasteiger partial charge in [0, 0.05) is 31.2 Å². The van der Waals surface area contributed by atoms with Gasteiger partial charge in [0.1, 0.15) is 6.67 Å². The summed E-state index contributed by atoms with van der Waals surface area (Å²) in [5.74, 6) is -2.66. The first-order chi connectivity index (χ1) is 11.2. The third-order valence-electron chi connectivity index (χ3n) is 3.86. The molecule has 3 rings (SSSR count). The summed E-state index contributed by atoms with van der Waals surface area (Å²) in [5, 5.41) is 10.4. The average molecular weight is 348 g/mol. The van der Waals surface area contributed by atoms with E-state index in [9.17, 15) is 22.4 Å². The molecule has 0 bridgehead atoms. The van der Waals surface area contributed by atoms with E-state index in [0.717, 1.165) is 37.2 Å². The van der Waals surface area contributed by atoms with E-state index >= 15 is 0 Å². The number of nitrogens with one attached hydrogen (secondary N) is 1. The van der Waals surface area contributed by atoms with Crippen molar-refractivity contribution >= 4 is 11.9 Å². The Morgan fingerprint density at radius 2 is 2.04 bits per heavy atom. The Kier molecular flexibility index (Phi) is 5.43. The maximum atomic E-state index is 12.6. The first-order valence-corrected chi connectivity index (χ1v) is 7.23. The second-order valence-electron chi connectivity index (χ2n) is 5.49. The number of piperazine rings is 1. The predicted octanol–water partition coefficient (Wildman–Crippen LogP) is 1.76. The Balaban J connectivity index is 0.000000256. The van der Waals surface area contributed by atoms with Crippen LogP contribution in [0.4, 0.5) is 17.6 Å². The fourth-order valence-corrected chi connectivity index (χ4v) is 2.73. The Morgan fingerprint density at radius 1 is 1.38 bits per heavy atom. The number of nitrogens with zero attached hydrogens (tertiary/aromatic N) is 1. The van der Waals surface area contributed by atoms with Gasteiger partial charge in [-0.2, -0.15) is 13.2 Å². The van der Waals surface area contributed by atoms with Gasteiger partial charge >= 0.3 is 12.1 Å². The molecule has 132 valence electrons. The van der Waals surface area contributed by atoms with E-state index in [0.29, 0.717) is 5.56 Å². The quantitative estimate of drug-likeness (QED) is 0.759. The number of carboxylic acids is 1. The van der Waals surface area contributed by atoms with Crippen LogP contribution in [0.5, 0.6) is 0 Å². The standard InChI is InChI=1S/C13H15FN2O.C2HF3O2/c14-7-9-1-2-12-10(5-9)6-11-8-15-3-4-16(11)13(12)17;3-2(4,5)1(6)7/h1-2,5,11,15H,3-4,6-8H2;(H,6,7)/t11-;/m1./s1. The van der Waals surface area contributed by atoms with E-state index in [1.807, 2.05) is 11.0 Å². The molecule has 0 aromatic heterocycles. The number of halogens is 4. The number of hydrogen-bond donors (Lipinski definition) is 2. The Morgan fingerprint density at radius 3 is 2.62 bits per heavy atom. The zero-order valence-corrected chi connectivity index (χ0v) is 12.6. The second kappa shape index (κ2) is 7.16. The SMILES string of the molecule is O=C(O)C(F)(F)F.O=C1c2ccc(CF)cc2C[C@@H]2CNCCN12. The highest BCUT2D eigenvalue weighted by atomic mass is 19.4. The van der Waals surface area contributed by atoms with Crippen LogP contribution in [0.2, 0.25) is 0 Å². The third kappa shape index (κ3) is 4.02. The number of aliphatic carboxylic acids is 1. The Hall–Kier alpha value is -2.16. The lowest BCUT2D eigenvalue weighted by Crippen LogP contribution is -2.56. The molecule has 2 N–H and O–H groups in total. The number of carboxylic acid groups (broad SMARTS) is 1. The number of carbonyl (C=O) groups is 2. The molecule has 1 amide bonds. The maximum Gasteiger partial charge on any atom is 0.490 e. The Bertz CT molecular complexity index is 634. The van der Waals surface area contributed by atoms with Crippen LogP contribution in [0.1, 0.15) is 21.5 Å². The zero-order chi connectivity index (χ0) is 17.9. The minimum absolute atomic E-state index is 0.100. The van der Waals surface area contributed by atoms with Crippen molar-refractivity contribution < 1.29 is 32.3 Å². The smallest absolute Gasteiger partial charge is 0.475 e. The highest BCUT2D eigenvalue weighted by Gasteiger charge is 2.38. The van der Waals surface area contributed by atoms with Crippen molar-refractivity contribution in [2.24, 2.45) is 0 Å². The van der Waals surface area contributed by atoms with Gasteiger partial charge in [0.05, 0.1) is 0 Å². The first-order valence-electron chi connectivity index (χ1n) is 7.23. The molecular formula is C15H16F4N2O3. The van der Waals surface area contributed by atoms with Gasteiger partial charge in [-0.15, -0.1) is 0 Å². The van der Waals surface area contributed by atoms with Crippen LogP contribution in [0.15, 0.2) is 18.2 Å². The topological polar surface area (TPSA) is 69.6 Å². The van der Waals surface area contributed by atoms with Gasteiger partial charge < -0.3 is 15.3 Å². The molecule has 2 heterocycles. The summed E-state index contributed by atoms with van der Waals surface area (Å²) >= 11 is 0. The molecule has 0 saturated carbocycles. The summed E-state index contributed by atoms with van der Waals surface area (Å²) in [7, 11) is 0. The van der Waals surface area contributed by atoms with Crippen molar-refractivity contribution in [1.82, 2.24) is 10.2 Å². The fourth-order valence-electron chi connectivity index (χ4n) is 2.73. The third-order valence-corrected chi connectivity index (χ3v) is 3.86. The maximum absolute atomic E-state index is 12.6. The highest BCUT2D eigenvalue weighted by molar-refractivity contribution is 5.97. The number of benzene rings is 1. The lowest BCUT2D eigenvalue weighted by Gasteiger charge is -2.40. The molecular weight excluding hydrogens is 332 g/mol. The van der Waals surface area contributed by atoms with Gasteiger partial charge in [0.15, 0.2) is 0 Å². The molecule has 1 aromatic rings. The lowest BCUT2D eigenvalue weighted by molar-refractivity contribution is -0.192. The molecule has 0 radical (unpaired) electrons. The Labute approximate surface area is 135 Å². The largest absolute Gasteiger partial charge is 0.490 e. The van der Waals surface area contributed by atoms with E-state index in [1.165, 1.54) is 0 Å². The van der Waals surface area contributed by atoms with Gasteiger partial charge in [0.2, 0.25) is 0 Å². The molecule has 0 unspecified atom stereocenters. The van der Waals surface area contributed by atoms with E-state index in [-0.39, 0.29) is 11.9 Å². The first kappa shape index (κ1) is 18.2. The van der Waals surface area contributed by atoms with Gasteiger partial charge in [-0.1, -0.05) is 12.1 Å². The van der Waals surface area contributed by atoms with Crippen LogP contribution in [0.3, 0.4) is 0 Å². The number of amides is 1. The van der Waals surface area contributed by atoms with Crippen LogP contribution in [-0.4, -0.2) is 53.7 Å². The molecule has 24 heavy (non-hydrogen) atoms. The van der Waals surface area contributed by atoms with Crippen LogP contribution < -0.4 is 5.32 Å². The average Bonchev–Trinajstić information content (AvgIpc) is 2.54. The molecule has 0 spiro atoms. The van der Waals surface area contributed by atoms with E-state index in [1.54, 1.807) is 12.1 Å². The van der Waals surface area contributed by atoms with E-state index < -0.39 is 18.8 Å². The van der Waals surface area contributed by atoms with E-state index in [2.05, 4.69) is 5.32 Å². The number of alkyl halides is 4. The molecule has 1 saturated heterocycles. The zero-order valence-electron chi connectivity index (χ0n) is 12.6. The fraction of sp³-hybridized carbons (Fsp3) is 0.467. The molecule has 0 aliphatic carbocycles. The number of hydrogen-bond acceptors (Lipinski definition) is 3. The van der Waals surface area contributed by atoms with Crippen LogP contribution in [0.25, 0.3) is 0 Å². The van der Waals surface area contributed by atoms with Crippen LogP contribution in [0, 0.1) is 0 Å². The minimum atomic E-state index is -5.08. The molecule has 1 aromatic carbocycles. The van der Waals surface area contributed by atoms with Crippen molar-refractivity contribution in [2.45, 2.75) is 25.3 Å². The van der Waals surface area contributed by atoms with E-state index in [4.69, 9.17) is 9.90 Å². The monoisotopic (exact) mass is 348 g/mol. The summed E-state index contributed by atoms with van der Waals surface area (Å²) in [6, 6.07) is 5.54. The molecule has 2 aliphatic rings. The molecule has 2 aliphatic heterocycles. The van der Waals surface area contributed by atoms with Gasteiger partial charge in [0.25, 0.3) is 5.91 Å². The summed E-state index contributed by atoms with van der Waals surface area (Å²) in [6.45, 7) is 2.01. The van der Waals surface area contributed by atoms with Gasteiger partial charge in [-0.3, -0.25) is 4.79 Å². The number of rotatable bonds is 1. The van der Waals surface area contributed by atoms with Crippen molar-refractivity contribution in [3.63, 3.8) is 0 Å². The molecule has 9 heteroatoms. The van der Waals surface area contributed by atoms with Gasteiger partial charge in [-0.25, -0.2) is 9.18 Å². The lowest BCUT2D eigenvalue weighted by atomic mass is 9.91. The molecule has 1 fully saturated rings. The summed E-state index contributed by atoms with van der Waals surface area (Å²) < 4.78 is 44.4. The predicted molar refractivity (Wildman–Crippen MR) is 76.3 cm³/mol. The van der Waals surface area contributed by atoms with Gasteiger partial charge in [-0.05, 0) is 23.6 Å².